The van der Waals surface area contributed by atoms with Crippen molar-refractivity contribution in [2.45, 2.75) is 52.9 Å². The van der Waals surface area contributed by atoms with Crippen LogP contribution in [0.25, 0.3) is 10.4 Å². The van der Waals surface area contributed by atoms with Crippen molar-refractivity contribution >= 4 is 11.5 Å². The predicted molar refractivity (Wildman–Crippen MR) is 88.3 cm³/mol. The van der Waals surface area contributed by atoms with Crippen LogP contribution in [0.4, 0.5) is 0 Å². The minimum Gasteiger partial charge on any atom is -0.471 e. The summed E-state index contributed by atoms with van der Waals surface area (Å²) in [6, 6.07) is 4.30. The highest BCUT2D eigenvalue weighted by molar-refractivity contribution is 6.01. The number of benzene rings is 1. The second-order valence-corrected chi connectivity index (χ2v) is 6.62. The smallest absolute Gasteiger partial charge is 0.336 e. The molecule has 0 heterocycles. The third-order valence-corrected chi connectivity index (χ3v) is 4.34. The first-order valence-corrected chi connectivity index (χ1v) is 7.71. The van der Waals surface area contributed by atoms with E-state index in [4.69, 9.17) is 11.3 Å². The van der Waals surface area contributed by atoms with E-state index in [9.17, 15) is 4.79 Å². The maximum Gasteiger partial charge on any atom is 0.336 e. The molecular weight excluding hydrogens is 274 g/mol. The average Bonchev–Trinajstić information content (AvgIpc) is 2.70. The Hall–Kier alpha value is -2.08. The van der Waals surface area contributed by atoms with Gasteiger partial charge >= 0.3 is 5.97 Å². The molecule has 0 bridgehead atoms. The van der Waals surface area contributed by atoms with Crippen LogP contribution in [0.2, 0.25) is 0 Å². The first-order valence-electron chi connectivity index (χ1n) is 7.71. The van der Waals surface area contributed by atoms with Gasteiger partial charge in [0.05, 0.1) is 13.2 Å². The number of carbonyl (C=O) groups excluding carboxylic acids is 1. The third-order valence-electron chi connectivity index (χ3n) is 4.34. The van der Waals surface area contributed by atoms with Gasteiger partial charge in [-0.3, -0.25) is 4.79 Å². The van der Waals surface area contributed by atoms with Gasteiger partial charge in [-0.05, 0) is 59.9 Å². The van der Waals surface area contributed by atoms with Crippen molar-refractivity contribution in [3.8, 4) is 0 Å². The molecule has 1 aliphatic carbocycles. The molecule has 0 N–H and O–H groups in total. The van der Waals surface area contributed by atoms with Crippen LogP contribution in [-0.4, -0.2) is 12.6 Å². The highest BCUT2D eigenvalue weighted by atomic mass is 16.5. The van der Waals surface area contributed by atoms with Gasteiger partial charge in [0.1, 0.15) is 0 Å². The molecule has 3 nitrogen and oxygen atoms in total. The Bertz CT molecular complexity index is 690. The Balaban J connectivity index is 2.59. The molecule has 0 saturated carbocycles. The Morgan fingerprint density at radius 3 is 2.55 bits per heavy atom. The van der Waals surface area contributed by atoms with Crippen molar-refractivity contribution in [1.29, 1.82) is 0 Å². The van der Waals surface area contributed by atoms with Crippen LogP contribution < -0.4 is 0 Å². The number of ether oxygens (including phenoxy) is 1. The van der Waals surface area contributed by atoms with E-state index >= 15 is 0 Å². The number of rotatable bonds is 3. The number of fused-ring (bicyclic) bond motifs is 1. The van der Waals surface area contributed by atoms with Crippen LogP contribution in [0.15, 0.2) is 17.8 Å². The Kier molecular flexibility index (Phi) is 4.42. The highest BCUT2D eigenvalue weighted by Gasteiger charge is 2.36. The molecule has 1 aromatic carbocycles. The molecule has 0 fully saturated rings. The first-order chi connectivity index (χ1) is 10.3. The summed E-state index contributed by atoms with van der Waals surface area (Å²) in [6.07, 6.45) is 1.46. The van der Waals surface area contributed by atoms with Crippen LogP contribution in [0.3, 0.4) is 0 Å². The Morgan fingerprint density at radius 1 is 1.32 bits per heavy atom. The fourth-order valence-corrected chi connectivity index (χ4v) is 2.97. The summed E-state index contributed by atoms with van der Waals surface area (Å²) in [6.45, 7) is 18.2. The maximum atomic E-state index is 12.2. The molecule has 1 aromatic rings. The molecule has 2 rings (SSSR count). The lowest BCUT2D eigenvalue weighted by atomic mass is 9.85. The molecule has 0 atom stereocenters. The quantitative estimate of drug-likeness (QED) is 0.465. The van der Waals surface area contributed by atoms with E-state index < -0.39 is 5.97 Å². The number of nitrogens with zero attached hydrogens (tertiary/aromatic N) is 1. The third kappa shape index (κ3) is 2.78. The summed E-state index contributed by atoms with van der Waals surface area (Å²) in [7, 11) is 0. The van der Waals surface area contributed by atoms with E-state index in [1.807, 2.05) is 6.92 Å². The van der Waals surface area contributed by atoms with Crippen LogP contribution >= 0.6 is 0 Å². The van der Waals surface area contributed by atoms with Crippen molar-refractivity contribution in [3.05, 3.63) is 51.5 Å². The number of esters is 1. The van der Waals surface area contributed by atoms with Gasteiger partial charge in [0.25, 0.3) is 5.70 Å². The van der Waals surface area contributed by atoms with Gasteiger partial charge in [-0.1, -0.05) is 32.9 Å². The lowest BCUT2D eigenvalue weighted by molar-refractivity contribution is -0.138. The van der Waals surface area contributed by atoms with Crippen LogP contribution in [0.1, 0.15) is 55.9 Å². The van der Waals surface area contributed by atoms with Crippen molar-refractivity contribution in [2.75, 3.05) is 6.61 Å². The Labute approximate surface area is 132 Å². The zero-order chi connectivity index (χ0) is 16.5. The number of allylic oxidation sites excluding steroid dienone is 1. The van der Waals surface area contributed by atoms with Gasteiger partial charge in [0, 0.05) is 0 Å². The van der Waals surface area contributed by atoms with Crippen molar-refractivity contribution < 1.29 is 9.53 Å². The van der Waals surface area contributed by atoms with Gasteiger partial charge in [-0.25, -0.2) is 4.85 Å². The summed E-state index contributed by atoms with van der Waals surface area (Å²) in [5.41, 5.74) is 5.58. The average molecular weight is 297 g/mol. The fourth-order valence-electron chi connectivity index (χ4n) is 2.97. The van der Waals surface area contributed by atoms with Gasteiger partial charge < -0.3 is 4.74 Å². The highest BCUT2D eigenvalue weighted by Crippen LogP contribution is 2.47. The zero-order valence-corrected chi connectivity index (χ0v) is 14.0. The van der Waals surface area contributed by atoms with Crippen LogP contribution in [0.5, 0.6) is 0 Å². The summed E-state index contributed by atoms with van der Waals surface area (Å²) in [4.78, 5) is 15.7. The molecule has 0 unspecified atom stereocenters. The summed E-state index contributed by atoms with van der Waals surface area (Å²) in [5, 5.41) is 0. The lowest BCUT2D eigenvalue weighted by Gasteiger charge is -2.19. The van der Waals surface area contributed by atoms with Crippen molar-refractivity contribution in [3.63, 3.8) is 0 Å². The monoisotopic (exact) mass is 297 g/mol. The van der Waals surface area contributed by atoms with Crippen molar-refractivity contribution in [1.82, 2.24) is 0 Å². The van der Waals surface area contributed by atoms with Gasteiger partial charge in [-0.2, -0.15) is 0 Å². The van der Waals surface area contributed by atoms with E-state index in [1.165, 1.54) is 16.7 Å². The summed E-state index contributed by atoms with van der Waals surface area (Å²) in [5.74, 6) is -0.492. The van der Waals surface area contributed by atoms with Gasteiger partial charge in [0.15, 0.2) is 0 Å². The van der Waals surface area contributed by atoms with Crippen molar-refractivity contribution in [2.24, 2.45) is 0 Å². The summed E-state index contributed by atoms with van der Waals surface area (Å²) >= 11 is 0. The fraction of sp³-hybridized carbons (Fsp3) is 0.474. The van der Waals surface area contributed by atoms with Crippen LogP contribution in [0, 0.1) is 20.4 Å². The number of aryl methyl sites for hydroxylation is 2. The molecule has 0 aromatic heterocycles. The van der Waals surface area contributed by atoms with E-state index in [0.29, 0.717) is 13.0 Å². The SMILES string of the molecule is [C-]#[N+]/C(C(=O)OCCC)=C1/CC(C)(C)c2cc(C)c(C)cc21. The van der Waals surface area contributed by atoms with E-state index in [2.05, 4.69) is 44.7 Å². The Morgan fingerprint density at radius 2 is 1.95 bits per heavy atom. The number of hydrogen-bond donors (Lipinski definition) is 0. The van der Waals surface area contributed by atoms with E-state index in [1.54, 1.807) is 0 Å². The second-order valence-electron chi connectivity index (χ2n) is 6.62. The first kappa shape index (κ1) is 16.3. The minimum atomic E-state index is -0.492. The van der Waals surface area contributed by atoms with Crippen LogP contribution in [-0.2, 0) is 14.9 Å². The molecule has 1 aliphatic rings. The van der Waals surface area contributed by atoms with E-state index in [0.717, 1.165) is 17.6 Å². The number of carbonyl (C=O) groups is 1. The molecule has 0 saturated heterocycles. The maximum absolute atomic E-state index is 12.2. The topological polar surface area (TPSA) is 30.7 Å². The molecule has 0 aliphatic heterocycles. The standard InChI is InChI=1S/C19H23NO2/c1-7-8-22-18(21)17(20-6)15-11-19(4,5)16-10-13(3)12(2)9-14(15)16/h9-10H,7-8,11H2,1-5H3/b17-15-. The van der Waals surface area contributed by atoms with E-state index in [-0.39, 0.29) is 11.1 Å². The van der Waals surface area contributed by atoms with Gasteiger partial charge in [-0.15, -0.1) is 0 Å². The molecule has 3 heteroatoms. The second kappa shape index (κ2) is 5.96. The number of hydrogen-bond acceptors (Lipinski definition) is 2. The minimum absolute atomic E-state index is 0.0654. The predicted octanol–water partition coefficient (Wildman–Crippen LogP) is 4.57. The molecule has 22 heavy (non-hydrogen) atoms. The van der Waals surface area contributed by atoms with Gasteiger partial charge in [0.2, 0.25) is 0 Å². The largest absolute Gasteiger partial charge is 0.471 e. The molecule has 0 spiro atoms. The summed E-state index contributed by atoms with van der Waals surface area (Å²) < 4.78 is 5.18. The normalized spacial score (nSPS) is 17.6. The molecule has 0 amide bonds. The molecular formula is C19H23NO2. The molecule has 116 valence electrons. The molecule has 0 radical (unpaired) electrons. The lowest BCUT2D eigenvalue weighted by Crippen LogP contribution is -2.12. The zero-order valence-electron chi connectivity index (χ0n) is 14.0.